The summed E-state index contributed by atoms with van der Waals surface area (Å²) in [4.78, 5) is 0. The van der Waals surface area contributed by atoms with Gasteiger partial charge in [0.1, 0.15) is 5.02 Å². The lowest BCUT2D eigenvalue weighted by Crippen LogP contribution is -2.25. The summed E-state index contributed by atoms with van der Waals surface area (Å²) in [5, 5.41) is 12.8. The Morgan fingerprint density at radius 1 is 0.864 bits per heavy atom. The fourth-order valence-electron chi connectivity index (χ4n) is 1.92. The van der Waals surface area contributed by atoms with Crippen molar-refractivity contribution in [1.82, 2.24) is 21.1 Å². The highest BCUT2D eigenvalue weighted by atomic mass is 35.5. The number of rotatable bonds is 4. The van der Waals surface area contributed by atoms with Crippen LogP contribution >= 0.6 is 11.6 Å². The molecule has 0 saturated heterocycles. The van der Waals surface area contributed by atoms with Gasteiger partial charge in [-0.25, -0.2) is 0 Å². The lowest BCUT2D eigenvalue weighted by atomic mass is 10.2. The molecule has 0 saturated carbocycles. The number of nitrogens with one attached hydrogen (secondary N) is 2. The van der Waals surface area contributed by atoms with Crippen molar-refractivity contribution in [2.75, 3.05) is 10.4 Å². The summed E-state index contributed by atoms with van der Waals surface area (Å²) in [6.07, 6.45) is 0. The number of benzene rings is 2. The van der Waals surface area contributed by atoms with Crippen LogP contribution in [0.1, 0.15) is 0 Å². The Morgan fingerprint density at radius 3 is 1.95 bits per heavy atom. The van der Waals surface area contributed by atoms with Crippen LogP contribution in [0.25, 0.3) is 0 Å². The van der Waals surface area contributed by atoms with Gasteiger partial charge >= 0.3 is 0 Å². The number of aromatic nitrogens is 3. The van der Waals surface area contributed by atoms with Gasteiger partial charge in [-0.05, 0) is 29.5 Å². The molecule has 0 atom stereocenters. The molecular formula is C15H12ClN6. The van der Waals surface area contributed by atoms with Gasteiger partial charge in [-0.1, -0.05) is 48.0 Å². The molecule has 0 aliphatic carbocycles. The third kappa shape index (κ3) is 2.91. The number of para-hydroxylation sites is 2. The zero-order valence-corrected chi connectivity index (χ0v) is 12.2. The largest absolute Gasteiger partial charge is 0.280 e. The van der Waals surface area contributed by atoms with Gasteiger partial charge in [-0.3, -0.25) is 16.2 Å². The minimum absolute atomic E-state index is 0.117. The molecule has 6 nitrogen and oxygen atoms in total. The van der Waals surface area contributed by atoms with Crippen LogP contribution in [0.15, 0.2) is 60.7 Å². The van der Waals surface area contributed by atoms with Crippen molar-refractivity contribution < 1.29 is 0 Å². The molecule has 1 radical (unpaired) electrons. The number of anilines is 3. The Hall–Kier alpha value is -2.86. The Bertz CT molecular complexity index is 711. The highest BCUT2D eigenvalue weighted by Crippen LogP contribution is 2.29. The van der Waals surface area contributed by atoms with Gasteiger partial charge < -0.3 is 0 Å². The number of hydrazine groups is 1. The summed E-state index contributed by atoms with van der Waals surface area (Å²) < 4.78 is 0. The second kappa shape index (κ2) is 6.28. The van der Waals surface area contributed by atoms with E-state index in [2.05, 4.69) is 20.8 Å². The van der Waals surface area contributed by atoms with Crippen LogP contribution in [0.2, 0.25) is 5.02 Å². The van der Waals surface area contributed by atoms with Crippen LogP contribution in [-0.4, -0.2) is 15.4 Å². The Morgan fingerprint density at radius 2 is 1.41 bits per heavy atom. The maximum Gasteiger partial charge on any atom is 0.192 e. The first-order valence-corrected chi connectivity index (χ1v) is 6.91. The molecule has 109 valence electrons. The topological polar surface area (TPSA) is 77.7 Å². The number of halogens is 1. The summed E-state index contributed by atoms with van der Waals surface area (Å²) in [6.45, 7) is 0. The molecule has 3 aromatic rings. The van der Waals surface area contributed by atoms with E-state index in [1.165, 1.54) is 0 Å². The lowest BCUT2D eigenvalue weighted by molar-refractivity contribution is 0.860. The third-order valence-electron chi connectivity index (χ3n) is 2.95. The summed E-state index contributed by atoms with van der Waals surface area (Å²) in [7, 11) is 0. The van der Waals surface area contributed by atoms with Crippen LogP contribution < -0.4 is 16.2 Å². The maximum absolute atomic E-state index is 7.61. The summed E-state index contributed by atoms with van der Waals surface area (Å²) in [5.41, 5.74) is 12.5. The zero-order valence-electron chi connectivity index (χ0n) is 11.4. The van der Waals surface area contributed by atoms with E-state index in [9.17, 15) is 0 Å². The van der Waals surface area contributed by atoms with E-state index >= 15 is 0 Å². The molecule has 0 spiro atoms. The van der Waals surface area contributed by atoms with Gasteiger partial charge in [0.05, 0.1) is 11.4 Å². The number of hydrogen-bond acceptors (Lipinski definition) is 5. The second-order valence-corrected chi connectivity index (χ2v) is 4.80. The Balaban J connectivity index is 2.01. The highest BCUT2D eigenvalue weighted by Gasteiger charge is 2.14. The van der Waals surface area contributed by atoms with Gasteiger partial charge in [0.15, 0.2) is 11.6 Å². The van der Waals surface area contributed by atoms with Crippen molar-refractivity contribution in [2.24, 2.45) is 0 Å². The number of nitrogens with zero attached hydrogens (tertiary/aromatic N) is 4. The van der Waals surface area contributed by atoms with E-state index in [0.29, 0.717) is 0 Å². The van der Waals surface area contributed by atoms with Crippen LogP contribution in [-0.2, 0) is 0 Å². The maximum atomic E-state index is 7.61. The average Bonchev–Trinajstić information content (AvgIpc) is 2.58. The summed E-state index contributed by atoms with van der Waals surface area (Å²) in [6, 6.07) is 19.4. The molecule has 0 unspecified atom stereocenters. The fraction of sp³-hybridized carbons (Fsp3) is 0. The van der Waals surface area contributed by atoms with Crippen molar-refractivity contribution in [3.8, 4) is 0 Å². The normalized spacial score (nSPS) is 10.2. The van der Waals surface area contributed by atoms with Crippen LogP contribution in [0.4, 0.5) is 23.0 Å². The Kier molecular flexibility index (Phi) is 4.02. The smallest absolute Gasteiger partial charge is 0.192 e. The van der Waals surface area contributed by atoms with E-state index in [0.717, 1.165) is 11.4 Å². The van der Waals surface area contributed by atoms with Gasteiger partial charge in [-0.2, -0.15) is 0 Å². The van der Waals surface area contributed by atoms with Crippen molar-refractivity contribution in [1.29, 1.82) is 0 Å². The van der Waals surface area contributed by atoms with Crippen molar-refractivity contribution in [3.63, 3.8) is 0 Å². The average molecular weight is 312 g/mol. The first-order valence-electron chi connectivity index (χ1n) is 6.53. The molecule has 0 aliphatic heterocycles. The molecule has 7 heteroatoms. The molecule has 0 bridgehead atoms. The standard InChI is InChI=1S/C15H12ClN6/c16-13-14(17)18-21-19-15(13)20-22(11-7-3-1-4-8-11)12-9-5-2-6-10-12/h1-10,17H,(H,18,19,20). The molecule has 0 aliphatic rings. The third-order valence-corrected chi connectivity index (χ3v) is 3.31. The SMILES string of the molecule is [NH]c1nnnc(NN(c2ccccc2)c2ccccc2)c1Cl. The highest BCUT2D eigenvalue weighted by molar-refractivity contribution is 6.34. The zero-order chi connectivity index (χ0) is 15.4. The predicted molar refractivity (Wildman–Crippen MR) is 86.2 cm³/mol. The molecule has 1 heterocycles. The fourth-order valence-corrected chi connectivity index (χ4v) is 2.04. The van der Waals surface area contributed by atoms with Gasteiger partial charge in [0.25, 0.3) is 0 Å². The molecule has 2 aromatic carbocycles. The lowest BCUT2D eigenvalue weighted by Gasteiger charge is -2.26. The van der Waals surface area contributed by atoms with E-state index < -0.39 is 0 Å². The second-order valence-electron chi connectivity index (χ2n) is 4.42. The molecule has 0 amide bonds. The minimum atomic E-state index is -0.125. The van der Waals surface area contributed by atoms with Gasteiger partial charge in [-0.15, -0.1) is 10.2 Å². The number of hydrogen-bond donors (Lipinski definition) is 1. The minimum Gasteiger partial charge on any atom is -0.280 e. The summed E-state index contributed by atoms with van der Waals surface area (Å²) >= 11 is 6.07. The first kappa shape index (κ1) is 14.1. The molecule has 1 aromatic heterocycles. The van der Waals surface area contributed by atoms with Crippen LogP contribution in [0.5, 0.6) is 0 Å². The summed E-state index contributed by atoms with van der Waals surface area (Å²) in [5.74, 6) is 0.148. The Labute approximate surface area is 132 Å². The van der Waals surface area contributed by atoms with E-state index in [1.807, 2.05) is 65.7 Å². The monoisotopic (exact) mass is 311 g/mol. The molecule has 0 fully saturated rings. The first-order chi connectivity index (χ1) is 10.8. The molecular weight excluding hydrogens is 300 g/mol. The van der Waals surface area contributed by atoms with E-state index in [4.69, 9.17) is 17.3 Å². The molecule has 2 N–H and O–H groups in total. The van der Waals surface area contributed by atoms with E-state index in [-0.39, 0.29) is 16.7 Å². The van der Waals surface area contributed by atoms with Crippen molar-refractivity contribution in [3.05, 3.63) is 65.7 Å². The molecule has 22 heavy (non-hydrogen) atoms. The van der Waals surface area contributed by atoms with Gasteiger partial charge in [0, 0.05) is 0 Å². The van der Waals surface area contributed by atoms with Gasteiger partial charge in [0.2, 0.25) is 0 Å². The van der Waals surface area contributed by atoms with Crippen molar-refractivity contribution in [2.45, 2.75) is 0 Å². The quantitative estimate of drug-likeness (QED) is 0.745. The van der Waals surface area contributed by atoms with Crippen molar-refractivity contribution >= 4 is 34.6 Å². The van der Waals surface area contributed by atoms with E-state index in [1.54, 1.807) is 0 Å². The van der Waals surface area contributed by atoms with Crippen LogP contribution in [0, 0.1) is 0 Å². The molecule has 3 rings (SSSR count). The van der Waals surface area contributed by atoms with Crippen LogP contribution in [0.3, 0.4) is 0 Å². The predicted octanol–water partition coefficient (Wildman–Crippen LogP) is 3.60.